The molecule has 32 heavy (non-hydrogen) atoms. The van der Waals surface area contributed by atoms with Gasteiger partial charge in [0.05, 0.1) is 16.7 Å². The molecule has 0 amide bonds. The minimum atomic E-state index is 0.982. The molecular formula is C29H19N3. The van der Waals surface area contributed by atoms with Crippen molar-refractivity contribution in [2.24, 2.45) is 0 Å². The van der Waals surface area contributed by atoms with Crippen molar-refractivity contribution in [2.75, 3.05) is 0 Å². The Hall–Kier alpha value is -4.37. The van der Waals surface area contributed by atoms with E-state index in [0.717, 1.165) is 44.5 Å². The second-order valence-electron chi connectivity index (χ2n) is 8.20. The maximum absolute atomic E-state index is 4.87. The number of benzene rings is 4. The van der Waals surface area contributed by atoms with Gasteiger partial charge in [0.1, 0.15) is 0 Å². The summed E-state index contributed by atoms with van der Waals surface area (Å²) in [6.07, 6.45) is 1.88. The van der Waals surface area contributed by atoms with Gasteiger partial charge in [-0.2, -0.15) is 0 Å². The number of fused-ring (bicyclic) bond motifs is 6. The standard InChI is InChI=1S/C29H19N3/c1-3-15-25-18(8-1)20-10-5-12-23(28(20)31-25)22-14-7-17-30-27(22)24-13-6-11-21-19-9-2-4-16-26(19)32-29(21)24/h1-17,31-32H. The lowest BCUT2D eigenvalue weighted by atomic mass is 9.96. The summed E-state index contributed by atoms with van der Waals surface area (Å²) in [6.45, 7) is 0. The fourth-order valence-electron chi connectivity index (χ4n) is 5.01. The quantitative estimate of drug-likeness (QED) is 0.302. The van der Waals surface area contributed by atoms with E-state index in [2.05, 4.69) is 101 Å². The van der Waals surface area contributed by atoms with E-state index in [4.69, 9.17) is 4.98 Å². The zero-order chi connectivity index (χ0) is 21.1. The average Bonchev–Trinajstić information content (AvgIpc) is 3.42. The van der Waals surface area contributed by atoms with Crippen LogP contribution in [-0.4, -0.2) is 15.0 Å². The SMILES string of the molecule is c1cnc(-c2cccc3c2[nH]c2ccccc23)c(-c2cccc3c2[nH]c2ccccc23)c1. The van der Waals surface area contributed by atoms with Gasteiger partial charge in [0, 0.05) is 55.5 Å². The zero-order valence-electron chi connectivity index (χ0n) is 17.3. The van der Waals surface area contributed by atoms with Crippen molar-refractivity contribution in [1.29, 1.82) is 0 Å². The van der Waals surface area contributed by atoms with E-state index in [-0.39, 0.29) is 0 Å². The first-order chi connectivity index (χ1) is 15.9. The van der Waals surface area contributed by atoms with Gasteiger partial charge < -0.3 is 9.97 Å². The molecule has 3 aromatic heterocycles. The fourth-order valence-corrected chi connectivity index (χ4v) is 5.01. The molecule has 7 rings (SSSR count). The highest BCUT2D eigenvalue weighted by atomic mass is 14.7. The van der Waals surface area contributed by atoms with Crippen molar-refractivity contribution < 1.29 is 0 Å². The molecule has 7 aromatic rings. The van der Waals surface area contributed by atoms with E-state index in [1.54, 1.807) is 0 Å². The lowest BCUT2D eigenvalue weighted by Crippen LogP contribution is -1.91. The predicted octanol–water partition coefficient (Wildman–Crippen LogP) is 7.68. The van der Waals surface area contributed by atoms with Crippen molar-refractivity contribution >= 4 is 43.6 Å². The van der Waals surface area contributed by atoms with Gasteiger partial charge in [0.15, 0.2) is 0 Å². The van der Waals surface area contributed by atoms with Crippen LogP contribution in [0.4, 0.5) is 0 Å². The first-order valence-corrected chi connectivity index (χ1v) is 10.8. The van der Waals surface area contributed by atoms with Crippen LogP contribution in [0.25, 0.3) is 66.0 Å². The smallest absolute Gasteiger partial charge is 0.0802 e. The van der Waals surface area contributed by atoms with Gasteiger partial charge in [-0.25, -0.2) is 0 Å². The Kier molecular flexibility index (Phi) is 3.55. The summed E-state index contributed by atoms with van der Waals surface area (Å²) in [5, 5.41) is 4.93. The molecule has 0 aliphatic heterocycles. The first kappa shape index (κ1) is 17.3. The second kappa shape index (κ2) is 6.56. The maximum atomic E-state index is 4.87. The summed E-state index contributed by atoms with van der Waals surface area (Å²) in [4.78, 5) is 12.2. The van der Waals surface area contributed by atoms with Crippen molar-refractivity contribution in [1.82, 2.24) is 15.0 Å². The minimum absolute atomic E-state index is 0.982. The van der Waals surface area contributed by atoms with Crippen LogP contribution in [0.2, 0.25) is 0 Å². The van der Waals surface area contributed by atoms with Crippen molar-refractivity contribution in [2.45, 2.75) is 0 Å². The summed E-state index contributed by atoms with van der Waals surface area (Å²) in [5.41, 5.74) is 8.94. The van der Waals surface area contributed by atoms with Gasteiger partial charge >= 0.3 is 0 Å². The Morgan fingerprint density at radius 1 is 0.438 bits per heavy atom. The van der Waals surface area contributed by atoms with Crippen molar-refractivity contribution in [3.8, 4) is 22.4 Å². The molecule has 0 fully saturated rings. The van der Waals surface area contributed by atoms with Crippen LogP contribution >= 0.6 is 0 Å². The van der Waals surface area contributed by atoms with Crippen LogP contribution in [0, 0.1) is 0 Å². The van der Waals surface area contributed by atoms with Crippen molar-refractivity contribution in [3.05, 3.63) is 103 Å². The summed E-state index contributed by atoms with van der Waals surface area (Å²) in [5.74, 6) is 0. The van der Waals surface area contributed by atoms with Crippen LogP contribution < -0.4 is 0 Å². The van der Waals surface area contributed by atoms with E-state index in [0.29, 0.717) is 0 Å². The molecular weight excluding hydrogens is 390 g/mol. The molecule has 3 heteroatoms. The number of aromatic amines is 2. The third kappa shape index (κ3) is 2.39. The number of para-hydroxylation sites is 4. The largest absolute Gasteiger partial charge is 0.354 e. The van der Waals surface area contributed by atoms with E-state index >= 15 is 0 Å². The van der Waals surface area contributed by atoms with E-state index in [1.807, 2.05) is 12.3 Å². The summed E-state index contributed by atoms with van der Waals surface area (Å²) in [7, 11) is 0. The Balaban J connectivity index is 1.55. The first-order valence-electron chi connectivity index (χ1n) is 10.8. The number of pyridine rings is 1. The predicted molar refractivity (Wildman–Crippen MR) is 134 cm³/mol. The molecule has 0 unspecified atom stereocenters. The Morgan fingerprint density at radius 2 is 0.969 bits per heavy atom. The molecule has 0 bridgehead atoms. The van der Waals surface area contributed by atoms with E-state index in [9.17, 15) is 0 Å². The number of nitrogens with zero attached hydrogens (tertiary/aromatic N) is 1. The lowest BCUT2D eigenvalue weighted by Gasteiger charge is -2.11. The highest BCUT2D eigenvalue weighted by Crippen LogP contribution is 2.40. The maximum Gasteiger partial charge on any atom is 0.0802 e. The molecule has 4 aromatic carbocycles. The van der Waals surface area contributed by atoms with Gasteiger partial charge in [-0.15, -0.1) is 0 Å². The lowest BCUT2D eigenvalue weighted by molar-refractivity contribution is 1.33. The van der Waals surface area contributed by atoms with E-state index in [1.165, 1.54) is 21.5 Å². The highest BCUT2D eigenvalue weighted by Gasteiger charge is 2.17. The Bertz CT molecular complexity index is 1650. The highest BCUT2D eigenvalue weighted by molar-refractivity contribution is 6.15. The third-order valence-corrected chi connectivity index (χ3v) is 6.44. The molecule has 3 heterocycles. The monoisotopic (exact) mass is 409 g/mol. The summed E-state index contributed by atoms with van der Waals surface area (Å²) < 4.78 is 0. The molecule has 0 aliphatic rings. The molecule has 0 aliphatic carbocycles. The molecule has 2 N–H and O–H groups in total. The second-order valence-corrected chi connectivity index (χ2v) is 8.20. The molecule has 0 atom stereocenters. The fraction of sp³-hybridized carbons (Fsp3) is 0. The van der Waals surface area contributed by atoms with Crippen molar-refractivity contribution in [3.63, 3.8) is 0 Å². The van der Waals surface area contributed by atoms with Crippen LogP contribution in [0.1, 0.15) is 0 Å². The Morgan fingerprint density at radius 3 is 1.66 bits per heavy atom. The van der Waals surface area contributed by atoms with Crippen LogP contribution in [-0.2, 0) is 0 Å². The number of H-pyrrole nitrogens is 2. The molecule has 0 radical (unpaired) electrons. The molecule has 0 spiro atoms. The van der Waals surface area contributed by atoms with Gasteiger partial charge in [-0.05, 0) is 18.2 Å². The van der Waals surface area contributed by atoms with Gasteiger partial charge in [-0.3, -0.25) is 4.98 Å². The van der Waals surface area contributed by atoms with Crippen LogP contribution in [0.3, 0.4) is 0 Å². The molecule has 0 saturated heterocycles. The molecule has 3 nitrogen and oxygen atoms in total. The summed E-state index contributed by atoms with van der Waals surface area (Å²) in [6, 6.07) is 34.1. The van der Waals surface area contributed by atoms with Crippen LogP contribution in [0.5, 0.6) is 0 Å². The van der Waals surface area contributed by atoms with E-state index < -0.39 is 0 Å². The van der Waals surface area contributed by atoms with Gasteiger partial charge in [-0.1, -0.05) is 78.9 Å². The number of aromatic nitrogens is 3. The zero-order valence-corrected chi connectivity index (χ0v) is 17.3. The third-order valence-electron chi connectivity index (χ3n) is 6.44. The number of hydrogen-bond donors (Lipinski definition) is 2. The topological polar surface area (TPSA) is 44.5 Å². The normalized spacial score (nSPS) is 11.8. The molecule has 150 valence electrons. The van der Waals surface area contributed by atoms with Gasteiger partial charge in [0.2, 0.25) is 0 Å². The number of nitrogens with one attached hydrogen (secondary N) is 2. The minimum Gasteiger partial charge on any atom is -0.354 e. The summed E-state index contributed by atoms with van der Waals surface area (Å²) >= 11 is 0. The average molecular weight is 409 g/mol. The number of rotatable bonds is 2. The Labute approximate surface area is 184 Å². The van der Waals surface area contributed by atoms with Gasteiger partial charge in [0.25, 0.3) is 0 Å². The molecule has 0 saturated carbocycles. The van der Waals surface area contributed by atoms with Crippen LogP contribution in [0.15, 0.2) is 103 Å². The number of hydrogen-bond acceptors (Lipinski definition) is 1.